The Morgan fingerprint density at radius 2 is 2.06 bits per heavy atom. The predicted octanol–water partition coefficient (Wildman–Crippen LogP) is 2.41. The molecule has 1 N–H and O–H groups in total. The van der Waals surface area contributed by atoms with Crippen molar-refractivity contribution in [2.24, 2.45) is 5.92 Å². The van der Waals surface area contributed by atoms with Crippen molar-refractivity contribution in [2.75, 3.05) is 17.3 Å². The smallest absolute Gasteiger partial charge is 0.249 e. The Balaban J connectivity index is 2.44. The highest BCUT2D eigenvalue weighted by molar-refractivity contribution is 6.04. The molecule has 0 aliphatic carbocycles. The normalized spacial score (nSPS) is 19.7. The molecule has 1 amide bonds. The Bertz CT molecular complexity index is 426. The third kappa shape index (κ3) is 1.66. The number of nitrogens with zero attached hydrogens (tertiary/aromatic N) is 1. The number of anilines is 2. The van der Waals surface area contributed by atoms with E-state index in [9.17, 15) is 4.79 Å². The molecule has 0 fully saturated rings. The van der Waals surface area contributed by atoms with E-state index in [1.54, 1.807) is 4.90 Å². The SMILES string of the molecule is Cc1ccc2c(c1)NC(C(C)C)C(=O)N2C. The van der Waals surface area contributed by atoms with E-state index in [4.69, 9.17) is 0 Å². The number of rotatable bonds is 1. The minimum absolute atomic E-state index is 0.112. The molecule has 1 heterocycles. The van der Waals surface area contributed by atoms with E-state index >= 15 is 0 Å². The number of likely N-dealkylation sites (N-methyl/N-ethyl adjacent to an activating group) is 1. The maximum atomic E-state index is 12.1. The fraction of sp³-hybridized carbons (Fsp3) is 0.462. The first-order valence-corrected chi connectivity index (χ1v) is 5.65. The van der Waals surface area contributed by atoms with E-state index in [-0.39, 0.29) is 11.9 Å². The van der Waals surface area contributed by atoms with Gasteiger partial charge in [-0.25, -0.2) is 0 Å². The lowest BCUT2D eigenvalue weighted by Gasteiger charge is -2.35. The number of amides is 1. The molecule has 1 aliphatic rings. The lowest BCUT2D eigenvalue weighted by atomic mass is 9.99. The van der Waals surface area contributed by atoms with Crippen LogP contribution in [-0.2, 0) is 4.79 Å². The molecular weight excluding hydrogens is 200 g/mol. The highest BCUT2D eigenvalue weighted by atomic mass is 16.2. The van der Waals surface area contributed by atoms with Crippen LogP contribution in [0.2, 0.25) is 0 Å². The Labute approximate surface area is 96.5 Å². The molecule has 0 saturated heterocycles. The van der Waals surface area contributed by atoms with Gasteiger partial charge in [0.25, 0.3) is 0 Å². The monoisotopic (exact) mass is 218 g/mol. The molecule has 3 nitrogen and oxygen atoms in total. The van der Waals surface area contributed by atoms with Crippen LogP contribution in [0, 0.1) is 12.8 Å². The molecule has 0 saturated carbocycles. The van der Waals surface area contributed by atoms with Crippen LogP contribution < -0.4 is 10.2 Å². The van der Waals surface area contributed by atoms with Gasteiger partial charge in [-0.15, -0.1) is 0 Å². The zero-order valence-corrected chi connectivity index (χ0v) is 10.2. The number of carbonyl (C=O) groups is 1. The molecule has 0 aromatic heterocycles. The van der Waals surface area contributed by atoms with Gasteiger partial charge >= 0.3 is 0 Å². The van der Waals surface area contributed by atoms with Crippen LogP contribution in [0.15, 0.2) is 18.2 Å². The van der Waals surface area contributed by atoms with Gasteiger partial charge in [0, 0.05) is 7.05 Å². The third-order valence-corrected chi connectivity index (χ3v) is 3.09. The number of benzene rings is 1. The van der Waals surface area contributed by atoms with Crippen LogP contribution in [0.5, 0.6) is 0 Å². The van der Waals surface area contributed by atoms with Gasteiger partial charge in [0.15, 0.2) is 0 Å². The minimum atomic E-state index is -0.112. The van der Waals surface area contributed by atoms with Gasteiger partial charge in [-0.2, -0.15) is 0 Å². The number of carbonyl (C=O) groups excluding carboxylic acids is 1. The fourth-order valence-electron chi connectivity index (χ4n) is 2.07. The van der Waals surface area contributed by atoms with E-state index in [1.165, 1.54) is 5.56 Å². The summed E-state index contributed by atoms with van der Waals surface area (Å²) in [5.41, 5.74) is 3.23. The Morgan fingerprint density at radius 1 is 1.38 bits per heavy atom. The summed E-state index contributed by atoms with van der Waals surface area (Å²) in [6.07, 6.45) is 0. The van der Waals surface area contributed by atoms with Gasteiger partial charge in [-0.05, 0) is 30.5 Å². The van der Waals surface area contributed by atoms with E-state index in [0.29, 0.717) is 5.92 Å². The van der Waals surface area contributed by atoms with E-state index in [0.717, 1.165) is 11.4 Å². The van der Waals surface area contributed by atoms with Crippen molar-refractivity contribution in [1.82, 2.24) is 0 Å². The fourth-order valence-corrected chi connectivity index (χ4v) is 2.07. The molecule has 1 atom stereocenters. The third-order valence-electron chi connectivity index (χ3n) is 3.09. The second kappa shape index (κ2) is 3.81. The summed E-state index contributed by atoms with van der Waals surface area (Å²) in [4.78, 5) is 13.8. The number of hydrogen-bond donors (Lipinski definition) is 1. The predicted molar refractivity (Wildman–Crippen MR) is 66.8 cm³/mol. The van der Waals surface area contributed by atoms with Gasteiger partial charge in [-0.1, -0.05) is 19.9 Å². The molecule has 1 unspecified atom stereocenters. The molecule has 86 valence electrons. The summed E-state index contributed by atoms with van der Waals surface area (Å²) in [5, 5.41) is 3.33. The summed E-state index contributed by atoms with van der Waals surface area (Å²) in [7, 11) is 1.84. The summed E-state index contributed by atoms with van der Waals surface area (Å²) in [5.74, 6) is 0.440. The first-order chi connectivity index (χ1) is 7.50. The summed E-state index contributed by atoms with van der Waals surface area (Å²) >= 11 is 0. The summed E-state index contributed by atoms with van der Waals surface area (Å²) in [6, 6.07) is 6.00. The van der Waals surface area contributed by atoms with E-state index in [2.05, 4.69) is 32.2 Å². The highest BCUT2D eigenvalue weighted by Gasteiger charge is 2.31. The molecule has 1 aromatic rings. The van der Waals surface area contributed by atoms with Crippen molar-refractivity contribution in [3.05, 3.63) is 23.8 Å². The molecular formula is C13H18N2O. The molecule has 2 rings (SSSR count). The van der Waals surface area contributed by atoms with Crippen molar-refractivity contribution in [2.45, 2.75) is 26.8 Å². The van der Waals surface area contributed by atoms with Crippen molar-refractivity contribution < 1.29 is 4.79 Å². The van der Waals surface area contributed by atoms with Crippen molar-refractivity contribution in [3.63, 3.8) is 0 Å². The van der Waals surface area contributed by atoms with Crippen molar-refractivity contribution >= 4 is 17.3 Å². The van der Waals surface area contributed by atoms with Crippen molar-refractivity contribution in [3.8, 4) is 0 Å². The lowest BCUT2D eigenvalue weighted by Crippen LogP contribution is -2.47. The summed E-state index contributed by atoms with van der Waals surface area (Å²) in [6.45, 7) is 6.18. The number of hydrogen-bond acceptors (Lipinski definition) is 2. The first-order valence-electron chi connectivity index (χ1n) is 5.65. The first kappa shape index (κ1) is 11.0. The topological polar surface area (TPSA) is 32.3 Å². The Hall–Kier alpha value is -1.51. The second-order valence-corrected chi connectivity index (χ2v) is 4.78. The van der Waals surface area contributed by atoms with Gasteiger partial charge in [0.2, 0.25) is 5.91 Å². The molecule has 0 bridgehead atoms. The Morgan fingerprint density at radius 3 is 2.69 bits per heavy atom. The molecule has 0 spiro atoms. The lowest BCUT2D eigenvalue weighted by molar-refractivity contribution is -0.120. The summed E-state index contributed by atoms with van der Waals surface area (Å²) < 4.78 is 0. The molecule has 1 aromatic carbocycles. The molecule has 16 heavy (non-hydrogen) atoms. The molecule has 1 aliphatic heterocycles. The standard InChI is InChI=1S/C13H18N2O/c1-8(2)12-13(16)15(4)11-6-5-9(3)7-10(11)14-12/h5-8,12,14H,1-4H3. The zero-order chi connectivity index (χ0) is 11.9. The van der Waals surface area contributed by atoms with Gasteiger partial charge in [0.05, 0.1) is 11.4 Å². The van der Waals surface area contributed by atoms with Crippen LogP contribution in [0.4, 0.5) is 11.4 Å². The van der Waals surface area contributed by atoms with E-state index < -0.39 is 0 Å². The maximum absolute atomic E-state index is 12.1. The van der Waals surface area contributed by atoms with Crippen LogP contribution >= 0.6 is 0 Å². The van der Waals surface area contributed by atoms with Crippen LogP contribution in [0.25, 0.3) is 0 Å². The quantitative estimate of drug-likeness (QED) is 0.785. The zero-order valence-electron chi connectivity index (χ0n) is 10.2. The average molecular weight is 218 g/mol. The van der Waals surface area contributed by atoms with Crippen molar-refractivity contribution in [1.29, 1.82) is 0 Å². The van der Waals surface area contributed by atoms with Crippen LogP contribution in [-0.4, -0.2) is 19.0 Å². The van der Waals surface area contributed by atoms with Gasteiger partial charge in [0.1, 0.15) is 6.04 Å². The van der Waals surface area contributed by atoms with Crippen LogP contribution in [0.3, 0.4) is 0 Å². The second-order valence-electron chi connectivity index (χ2n) is 4.78. The Kier molecular flexibility index (Phi) is 2.62. The molecule has 3 heteroatoms. The van der Waals surface area contributed by atoms with Gasteiger partial charge < -0.3 is 10.2 Å². The average Bonchev–Trinajstić information content (AvgIpc) is 2.22. The number of nitrogens with one attached hydrogen (secondary N) is 1. The maximum Gasteiger partial charge on any atom is 0.249 e. The minimum Gasteiger partial charge on any atom is -0.372 e. The number of aryl methyl sites for hydroxylation is 1. The van der Waals surface area contributed by atoms with Crippen LogP contribution in [0.1, 0.15) is 19.4 Å². The highest BCUT2D eigenvalue weighted by Crippen LogP contribution is 2.32. The molecule has 0 radical (unpaired) electrons. The van der Waals surface area contributed by atoms with Gasteiger partial charge in [-0.3, -0.25) is 4.79 Å². The largest absolute Gasteiger partial charge is 0.372 e. The van der Waals surface area contributed by atoms with E-state index in [1.807, 2.05) is 19.2 Å². The number of fused-ring (bicyclic) bond motifs is 1.